The van der Waals surface area contributed by atoms with E-state index < -0.39 is 0 Å². The van der Waals surface area contributed by atoms with Crippen LogP contribution in [0.25, 0.3) is 0 Å². The Balaban J connectivity index is 2.00. The molecule has 1 fully saturated rings. The molecule has 0 saturated carbocycles. The second kappa shape index (κ2) is 5.80. The molecule has 0 spiro atoms. The van der Waals surface area contributed by atoms with E-state index in [1.165, 1.54) is 31.5 Å². The molecule has 1 aromatic rings. The number of hydrogen-bond donors (Lipinski definition) is 2. The standard InChI is InChI=1S/C13H19BrN2/c1-15-13(8-10-6-7-16-9-10)11-2-4-12(14)5-3-11/h2-5,10,13,15-16H,6-9H2,1H3. The molecule has 1 saturated heterocycles. The van der Waals surface area contributed by atoms with Crippen LogP contribution < -0.4 is 10.6 Å². The van der Waals surface area contributed by atoms with Crippen molar-refractivity contribution in [2.75, 3.05) is 20.1 Å². The Hall–Kier alpha value is -0.380. The number of rotatable bonds is 4. The molecular weight excluding hydrogens is 264 g/mol. The molecule has 1 aromatic carbocycles. The lowest BCUT2D eigenvalue weighted by atomic mass is 9.94. The van der Waals surface area contributed by atoms with Crippen LogP contribution in [-0.2, 0) is 0 Å². The van der Waals surface area contributed by atoms with Crippen molar-refractivity contribution in [1.29, 1.82) is 0 Å². The van der Waals surface area contributed by atoms with Gasteiger partial charge in [0.25, 0.3) is 0 Å². The second-order valence-corrected chi connectivity index (χ2v) is 5.40. The molecule has 0 aromatic heterocycles. The zero-order chi connectivity index (χ0) is 11.4. The first-order valence-corrected chi connectivity index (χ1v) is 6.72. The molecule has 3 heteroatoms. The third-order valence-corrected chi connectivity index (χ3v) is 3.88. The summed E-state index contributed by atoms with van der Waals surface area (Å²) in [6.07, 6.45) is 2.54. The Labute approximate surface area is 106 Å². The van der Waals surface area contributed by atoms with Gasteiger partial charge in [0.15, 0.2) is 0 Å². The van der Waals surface area contributed by atoms with E-state index in [1.807, 2.05) is 0 Å². The lowest BCUT2D eigenvalue weighted by molar-refractivity contribution is 0.430. The summed E-state index contributed by atoms with van der Waals surface area (Å²) < 4.78 is 1.15. The molecule has 0 aliphatic carbocycles. The topological polar surface area (TPSA) is 24.1 Å². The van der Waals surface area contributed by atoms with Gasteiger partial charge in [0, 0.05) is 10.5 Å². The third-order valence-electron chi connectivity index (χ3n) is 3.35. The van der Waals surface area contributed by atoms with E-state index in [0.29, 0.717) is 6.04 Å². The minimum atomic E-state index is 0.484. The van der Waals surface area contributed by atoms with Crippen LogP contribution in [0.15, 0.2) is 28.7 Å². The molecule has 2 rings (SSSR count). The molecule has 2 nitrogen and oxygen atoms in total. The van der Waals surface area contributed by atoms with Gasteiger partial charge in [-0.05, 0) is 56.6 Å². The zero-order valence-electron chi connectivity index (χ0n) is 9.67. The van der Waals surface area contributed by atoms with Gasteiger partial charge in [0.2, 0.25) is 0 Å². The van der Waals surface area contributed by atoms with Gasteiger partial charge in [-0.1, -0.05) is 28.1 Å². The highest BCUT2D eigenvalue weighted by Crippen LogP contribution is 2.25. The summed E-state index contributed by atoms with van der Waals surface area (Å²) in [5.74, 6) is 0.820. The van der Waals surface area contributed by atoms with Crippen molar-refractivity contribution in [3.05, 3.63) is 34.3 Å². The van der Waals surface area contributed by atoms with E-state index in [1.54, 1.807) is 0 Å². The molecule has 1 aliphatic heterocycles. The predicted octanol–water partition coefficient (Wildman–Crippen LogP) is 2.71. The summed E-state index contributed by atoms with van der Waals surface area (Å²) in [6.45, 7) is 2.36. The number of nitrogens with one attached hydrogen (secondary N) is 2. The van der Waals surface area contributed by atoms with E-state index in [-0.39, 0.29) is 0 Å². The minimum absolute atomic E-state index is 0.484. The fourth-order valence-electron chi connectivity index (χ4n) is 2.36. The molecule has 2 unspecified atom stereocenters. The molecule has 1 aliphatic rings. The summed E-state index contributed by atoms with van der Waals surface area (Å²) in [5, 5.41) is 6.85. The lowest BCUT2D eigenvalue weighted by Crippen LogP contribution is -2.21. The highest BCUT2D eigenvalue weighted by Gasteiger charge is 2.19. The Morgan fingerprint density at radius 3 is 2.75 bits per heavy atom. The van der Waals surface area contributed by atoms with Crippen LogP contribution in [0.1, 0.15) is 24.4 Å². The second-order valence-electron chi connectivity index (χ2n) is 4.49. The highest BCUT2D eigenvalue weighted by atomic mass is 79.9. The molecule has 0 amide bonds. The van der Waals surface area contributed by atoms with Gasteiger partial charge < -0.3 is 10.6 Å². The van der Waals surface area contributed by atoms with Crippen molar-refractivity contribution in [2.24, 2.45) is 5.92 Å². The Kier molecular flexibility index (Phi) is 4.38. The first-order valence-electron chi connectivity index (χ1n) is 5.93. The largest absolute Gasteiger partial charge is 0.316 e. The maximum atomic E-state index is 3.47. The predicted molar refractivity (Wildman–Crippen MR) is 71.5 cm³/mol. The first-order chi connectivity index (χ1) is 7.79. The SMILES string of the molecule is CNC(CC1CCNC1)c1ccc(Br)cc1. The van der Waals surface area contributed by atoms with Gasteiger partial charge in [-0.25, -0.2) is 0 Å². The van der Waals surface area contributed by atoms with Crippen LogP contribution >= 0.6 is 15.9 Å². The quantitative estimate of drug-likeness (QED) is 0.888. The summed E-state index contributed by atoms with van der Waals surface area (Å²) >= 11 is 3.47. The van der Waals surface area contributed by atoms with E-state index in [4.69, 9.17) is 0 Å². The van der Waals surface area contributed by atoms with Crippen molar-refractivity contribution in [2.45, 2.75) is 18.9 Å². The van der Waals surface area contributed by atoms with Crippen LogP contribution in [0.2, 0.25) is 0 Å². The van der Waals surface area contributed by atoms with E-state index in [0.717, 1.165) is 10.4 Å². The number of halogens is 1. The summed E-state index contributed by atoms with van der Waals surface area (Å²) in [5.41, 5.74) is 1.39. The Morgan fingerprint density at radius 1 is 1.44 bits per heavy atom. The molecule has 2 N–H and O–H groups in total. The average Bonchev–Trinajstić information content (AvgIpc) is 2.80. The summed E-state index contributed by atoms with van der Waals surface area (Å²) in [4.78, 5) is 0. The lowest BCUT2D eigenvalue weighted by Gasteiger charge is -2.20. The highest BCUT2D eigenvalue weighted by molar-refractivity contribution is 9.10. The molecule has 1 heterocycles. The van der Waals surface area contributed by atoms with Crippen molar-refractivity contribution in [1.82, 2.24) is 10.6 Å². The van der Waals surface area contributed by atoms with Gasteiger partial charge in [-0.15, -0.1) is 0 Å². The number of hydrogen-bond acceptors (Lipinski definition) is 2. The van der Waals surface area contributed by atoms with Crippen molar-refractivity contribution in [3.63, 3.8) is 0 Å². The molecule has 16 heavy (non-hydrogen) atoms. The molecule has 0 bridgehead atoms. The van der Waals surface area contributed by atoms with E-state index >= 15 is 0 Å². The maximum Gasteiger partial charge on any atom is 0.0320 e. The monoisotopic (exact) mass is 282 g/mol. The van der Waals surface area contributed by atoms with Gasteiger partial charge in [0.1, 0.15) is 0 Å². The molecule has 0 radical (unpaired) electrons. The fourth-order valence-corrected chi connectivity index (χ4v) is 2.63. The van der Waals surface area contributed by atoms with Gasteiger partial charge in [-0.2, -0.15) is 0 Å². The van der Waals surface area contributed by atoms with Crippen LogP contribution in [0.5, 0.6) is 0 Å². The van der Waals surface area contributed by atoms with Crippen LogP contribution in [0.3, 0.4) is 0 Å². The summed E-state index contributed by atoms with van der Waals surface area (Å²) in [6, 6.07) is 9.12. The van der Waals surface area contributed by atoms with Crippen LogP contribution in [0, 0.1) is 5.92 Å². The van der Waals surface area contributed by atoms with Crippen molar-refractivity contribution >= 4 is 15.9 Å². The average molecular weight is 283 g/mol. The third kappa shape index (κ3) is 3.06. The van der Waals surface area contributed by atoms with E-state index in [9.17, 15) is 0 Å². The molecule has 88 valence electrons. The Morgan fingerprint density at radius 2 is 2.19 bits per heavy atom. The van der Waals surface area contributed by atoms with Crippen LogP contribution in [-0.4, -0.2) is 20.1 Å². The minimum Gasteiger partial charge on any atom is -0.316 e. The van der Waals surface area contributed by atoms with E-state index in [2.05, 4.69) is 57.9 Å². The smallest absolute Gasteiger partial charge is 0.0320 e. The normalized spacial score (nSPS) is 22.2. The van der Waals surface area contributed by atoms with Crippen molar-refractivity contribution in [3.8, 4) is 0 Å². The Bertz CT molecular complexity index is 317. The van der Waals surface area contributed by atoms with Crippen LogP contribution in [0.4, 0.5) is 0 Å². The summed E-state index contributed by atoms with van der Waals surface area (Å²) in [7, 11) is 2.05. The number of benzene rings is 1. The maximum absolute atomic E-state index is 3.47. The van der Waals surface area contributed by atoms with Gasteiger partial charge in [-0.3, -0.25) is 0 Å². The zero-order valence-corrected chi connectivity index (χ0v) is 11.3. The first kappa shape index (κ1) is 12.1. The van der Waals surface area contributed by atoms with Gasteiger partial charge in [0.05, 0.1) is 0 Å². The van der Waals surface area contributed by atoms with Gasteiger partial charge >= 0.3 is 0 Å². The van der Waals surface area contributed by atoms with Crippen molar-refractivity contribution < 1.29 is 0 Å². The molecule has 2 atom stereocenters. The molecular formula is C13H19BrN2. The fraction of sp³-hybridized carbons (Fsp3) is 0.538.